The molecular weight excluding hydrogens is 283 g/mol. The van der Waals surface area contributed by atoms with E-state index in [1.807, 2.05) is 0 Å². The van der Waals surface area contributed by atoms with Gasteiger partial charge in [-0.2, -0.15) is 13.2 Å². The third-order valence-corrected chi connectivity index (χ3v) is 3.32. The van der Waals surface area contributed by atoms with E-state index in [0.29, 0.717) is 18.8 Å². The second-order valence-corrected chi connectivity index (χ2v) is 4.67. The van der Waals surface area contributed by atoms with Gasteiger partial charge in [-0.25, -0.2) is 0 Å². The highest BCUT2D eigenvalue weighted by atomic mass is 19.4. The zero-order chi connectivity index (χ0) is 15.0. The molecule has 0 unspecified atom stereocenters. The van der Waals surface area contributed by atoms with Crippen molar-refractivity contribution in [2.45, 2.75) is 12.6 Å². The van der Waals surface area contributed by atoms with Crippen LogP contribution in [0.25, 0.3) is 0 Å². The van der Waals surface area contributed by atoms with E-state index in [4.69, 9.17) is 4.74 Å². The van der Waals surface area contributed by atoms with E-state index in [2.05, 4.69) is 4.98 Å². The maximum atomic E-state index is 12.9. The van der Waals surface area contributed by atoms with Gasteiger partial charge in [0.15, 0.2) is 5.78 Å². The molecule has 1 aromatic heterocycles. The molecule has 0 saturated carbocycles. The average molecular weight is 293 g/mol. The number of aromatic nitrogens is 1. The molecule has 0 fully saturated rings. The lowest BCUT2D eigenvalue weighted by atomic mass is 9.98. The number of rotatable bonds is 2. The summed E-state index contributed by atoms with van der Waals surface area (Å²) in [4.78, 5) is 16.0. The van der Waals surface area contributed by atoms with Crippen LogP contribution in [0.5, 0.6) is 5.75 Å². The highest BCUT2D eigenvalue weighted by molar-refractivity contribution is 6.10. The molecule has 2 aromatic rings. The van der Waals surface area contributed by atoms with Gasteiger partial charge in [-0.1, -0.05) is 0 Å². The van der Waals surface area contributed by atoms with Crippen molar-refractivity contribution in [2.24, 2.45) is 0 Å². The van der Waals surface area contributed by atoms with Gasteiger partial charge in [-0.05, 0) is 29.8 Å². The van der Waals surface area contributed by atoms with Crippen molar-refractivity contribution >= 4 is 5.78 Å². The van der Waals surface area contributed by atoms with E-state index in [1.54, 1.807) is 12.1 Å². The summed E-state index contributed by atoms with van der Waals surface area (Å²) >= 11 is 0. The Labute approximate surface area is 118 Å². The largest absolute Gasteiger partial charge is 0.493 e. The van der Waals surface area contributed by atoms with Crippen LogP contribution in [0, 0.1) is 0 Å². The molecular formula is C15H10F3NO2. The monoisotopic (exact) mass is 293 g/mol. The first-order valence-corrected chi connectivity index (χ1v) is 6.28. The van der Waals surface area contributed by atoms with Crippen LogP contribution in [0.15, 0.2) is 36.7 Å². The molecule has 2 heterocycles. The maximum absolute atomic E-state index is 12.9. The lowest BCUT2D eigenvalue weighted by Crippen LogP contribution is -2.14. The van der Waals surface area contributed by atoms with Gasteiger partial charge in [0, 0.05) is 24.4 Å². The number of ether oxygens (including phenoxy) is 1. The molecule has 1 aromatic carbocycles. The predicted molar refractivity (Wildman–Crippen MR) is 68.3 cm³/mol. The van der Waals surface area contributed by atoms with E-state index in [-0.39, 0.29) is 5.56 Å². The standard InChI is InChI=1S/C15H10F3NO2/c16-15(17,18)12-3-5-19-8-11(12)14(20)10-1-2-13-9(7-10)4-6-21-13/h1-3,5,7-8H,4,6H2. The van der Waals surface area contributed by atoms with Crippen molar-refractivity contribution in [3.63, 3.8) is 0 Å². The SMILES string of the molecule is O=C(c1ccc2c(c1)CCO2)c1cnccc1C(F)(F)F. The summed E-state index contributed by atoms with van der Waals surface area (Å²) in [6.45, 7) is 0.521. The van der Waals surface area contributed by atoms with Crippen LogP contribution in [0.1, 0.15) is 27.0 Å². The maximum Gasteiger partial charge on any atom is 0.417 e. The fourth-order valence-corrected chi connectivity index (χ4v) is 2.31. The van der Waals surface area contributed by atoms with Crippen LogP contribution in [-0.2, 0) is 12.6 Å². The topological polar surface area (TPSA) is 39.2 Å². The summed E-state index contributed by atoms with van der Waals surface area (Å²) in [6, 6.07) is 5.47. The Kier molecular flexibility index (Phi) is 3.16. The summed E-state index contributed by atoms with van der Waals surface area (Å²) in [5.74, 6) is -0.0149. The van der Waals surface area contributed by atoms with Gasteiger partial charge in [-0.3, -0.25) is 9.78 Å². The number of nitrogens with zero attached hydrogens (tertiary/aromatic N) is 1. The van der Waals surface area contributed by atoms with Crippen molar-refractivity contribution in [2.75, 3.05) is 6.61 Å². The molecule has 0 N–H and O–H groups in total. The molecule has 108 valence electrons. The molecule has 1 aliphatic heterocycles. The Morgan fingerprint density at radius 3 is 2.81 bits per heavy atom. The van der Waals surface area contributed by atoms with Crippen molar-refractivity contribution in [1.29, 1.82) is 0 Å². The summed E-state index contributed by atoms with van der Waals surface area (Å²) in [5, 5.41) is 0. The third kappa shape index (κ3) is 2.49. The third-order valence-electron chi connectivity index (χ3n) is 3.32. The number of benzene rings is 1. The highest BCUT2D eigenvalue weighted by Gasteiger charge is 2.35. The van der Waals surface area contributed by atoms with Crippen molar-refractivity contribution in [1.82, 2.24) is 4.98 Å². The Morgan fingerprint density at radius 2 is 2.05 bits per heavy atom. The van der Waals surface area contributed by atoms with Crippen LogP contribution in [0.4, 0.5) is 13.2 Å². The fraction of sp³-hybridized carbons (Fsp3) is 0.200. The summed E-state index contributed by atoms with van der Waals surface area (Å²) < 4.78 is 44.1. The quantitative estimate of drug-likeness (QED) is 0.798. The lowest BCUT2D eigenvalue weighted by molar-refractivity contribution is -0.137. The first-order chi connectivity index (χ1) is 9.97. The molecule has 0 atom stereocenters. The molecule has 21 heavy (non-hydrogen) atoms. The smallest absolute Gasteiger partial charge is 0.417 e. The number of carbonyl (C=O) groups excluding carboxylic acids is 1. The molecule has 0 bridgehead atoms. The second-order valence-electron chi connectivity index (χ2n) is 4.67. The predicted octanol–water partition coefficient (Wildman–Crippen LogP) is 3.27. The van der Waals surface area contributed by atoms with Crippen molar-refractivity contribution < 1.29 is 22.7 Å². The Bertz CT molecular complexity index is 710. The van der Waals surface area contributed by atoms with Crippen molar-refractivity contribution in [3.8, 4) is 5.75 Å². The first kappa shape index (κ1) is 13.6. The lowest BCUT2D eigenvalue weighted by Gasteiger charge is -2.11. The number of ketones is 1. The van der Waals surface area contributed by atoms with Crippen LogP contribution in [-0.4, -0.2) is 17.4 Å². The zero-order valence-corrected chi connectivity index (χ0v) is 10.8. The Balaban J connectivity index is 2.03. The van der Waals surface area contributed by atoms with Gasteiger partial charge < -0.3 is 4.74 Å². The highest BCUT2D eigenvalue weighted by Crippen LogP contribution is 2.33. The van der Waals surface area contributed by atoms with Gasteiger partial charge in [0.05, 0.1) is 17.7 Å². The first-order valence-electron chi connectivity index (χ1n) is 6.28. The Morgan fingerprint density at radius 1 is 1.24 bits per heavy atom. The van der Waals surface area contributed by atoms with Gasteiger partial charge in [0.25, 0.3) is 0 Å². The molecule has 6 heteroatoms. The minimum atomic E-state index is -4.59. The minimum Gasteiger partial charge on any atom is -0.493 e. The van der Waals surface area contributed by atoms with Crippen LogP contribution < -0.4 is 4.74 Å². The van der Waals surface area contributed by atoms with Crippen molar-refractivity contribution in [3.05, 3.63) is 58.9 Å². The van der Waals surface area contributed by atoms with Gasteiger partial charge >= 0.3 is 6.18 Å². The average Bonchev–Trinajstić information content (AvgIpc) is 2.93. The number of carbonyl (C=O) groups is 1. The molecule has 0 amide bonds. The fourth-order valence-electron chi connectivity index (χ4n) is 2.31. The number of pyridine rings is 1. The molecule has 3 rings (SSSR count). The molecule has 0 saturated heterocycles. The number of alkyl halides is 3. The summed E-state index contributed by atoms with van der Waals surface area (Å²) in [6.07, 6.45) is -1.96. The normalized spacial score (nSPS) is 13.7. The van der Waals surface area contributed by atoms with Gasteiger partial charge in [0.1, 0.15) is 5.75 Å². The molecule has 0 radical (unpaired) electrons. The van der Waals surface area contributed by atoms with E-state index in [1.165, 1.54) is 6.07 Å². The molecule has 0 aliphatic carbocycles. The van der Waals surface area contributed by atoms with Gasteiger partial charge in [-0.15, -0.1) is 0 Å². The number of fused-ring (bicyclic) bond motifs is 1. The number of hydrogen-bond donors (Lipinski definition) is 0. The van der Waals surface area contributed by atoms with E-state index in [9.17, 15) is 18.0 Å². The van der Waals surface area contributed by atoms with E-state index in [0.717, 1.165) is 24.0 Å². The van der Waals surface area contributed by atoms with Gasteiger partial charge in [0.2, 0.25) is 0 Å². The summed E-state index contributed by atoms with van der Waals surface area (Å²) in [7, 11) is 0. The number of halogens is 3. The van der Waals surface area contributed by atoms with E-state index < -0.39 is 23.1 Å². The van der Waals surface area contributed by atoms with E-state index >= 15 is 0 Å². The summed E-state index contributed by atoms with van der Waals surface area (Å²) in [5.41, 5.74) is -0.376. The van der Waals surface area contributed by atoms with Crippen LogP contribution in [0.3, 0.4) is 0 Å². The zero-order valence-electron chi connectivity index (χ0n) is 10.8. The molecule has 3 nitrogen and oxygen atoms in total. The minimum absolute atomic E-state index is 0.206. The number of hydrogen-bond acceptors (Lipinski definition) is 3. The Hall–Kier alpha value is -2.37. The van der Waals surface area contributed by atoms with Crippen LogP contribution in [0.2, 0.25) is 0 Å². The van der Waals surface area contributed by atoms with Crippen LogP contribution >= 0.6 is 0 Å². The molecule has 0 spiro atoms. The molecule has 1 aliphatic rings. The second kappa shape index (κ2) is 4.87.